The molecule has 0 aromatic carbocycles. The largest absolute Gasteiger partial charge is 0.369 e. The smallest absolute Gasteiger partial charge is 0.224 e. The summed E-state index contributed by atoms with van der Waals surface area (Å²) in [6.07, 6.45) is 5.31. The second kappa shape index (κ2) is 6.80. The van der Waals surface area contributed by atoms with Crippen molar-refractivity contribution in [2.24, 2.45) is 23.0 Å². The summed E-state index contributed by atoms with van der Waals surface area (Å²) in [4.78, 5) is 25.0. The molecule has 1 aliphatic rings. The number of amides is 2. The van der Waals surface area contributed by atoms with E-state index < -0.39 is 5.41 Å². The molecule has 0 aromatic heterocycles. The van der Waals surface area contributed by atoms with Gasteiger partial charge in [-0.1, -0.05) is 33.1 Å². The van der Waals surface area contributed by atoms with Gasteiger partial charge in [0, 0.05) is 5.54 Å². The fourth-order valence-corrected chi connectivity index (χ4v) is 3.46. The first-order chi connectivity index (χ1) is 9.58. The third-order valence-corrected chi connectivity index (χ3v) is 4.43. The molecule has 1 atom stereocenters. The molecule has 2 amide bonds. The Balaban J connectivity index is 3.08. The minimum absolute atomic E-state index is 0.0168. The van der Waals surface area contributed by atoms with Gasteiger partial charge in [0.2, 0.25) is 11.8 Å². The Labute approximate surface area is 129 Å². The van der Waals surface area contributed by atoms with Crippen LogP contribution in [0.4, 0.5) is 0 Å². The van der Waals surface area contributed by atoms with Gasteiger partial charge < -0.3 is 11.1 Å². The molecule has 1 saturated carbocycles. The van der Waals surface area contributed by atoms with Crippen molar-refractivity contribution in [1.82, 2.24) is 5.32 Å². The Morgan fingerprint density at radius 3 is 2.05 bits per heavy atom. The van der Waals surface area contributed by atoms with E-state index in [9.17, 15) is 9.59 Å². The average Bonchev–Trinajstić information content (AvgIpc) is 2.34. The predicted molar refractivity (Wildman–Crippen MR) is 85.6 cm³/mol. The maximum absolute atomic E-state index is 12.8. The monoisotopic (exact) mass is 296 g/mol. The fraction of sp³-hybridized carbons (Fsp3) is 0.882. The van der Waals surface area contributed by atoms with Crippen LogP contribution in [0, 0.1) is 17.3 Å². The second-order valence-electron chi connectivity index (χ2n) is 8.00. The van der Waals surface area contributed by atoms with Gasteiger partial charge in [-0.2, -0.15) is 0 Å². The summed E-state index contributed by atoms with van der Waals surface area (Å²) in [6.45, 7) is 10.1. The van der Waals surface area contributed by atoms with E-state index in [0.717, 1.165) is 32.1 Å². The number of rotatable bonds is 5. The SMILES string of the molecule is CC(C)CC(C(=O)NC(C)(C)C)C1(C(N)=O)CCCCC1. The molecule has 21 heavy (non-hydrogen) atoms. The molecular weight excluding hydrogens is 264 g/mol. The maximum Gasteiger partial charge on any atom is 0.224 e. The number of nitrogens with one attached hydrogen (secondary N) is 1. The van der Waals surface area contributed by atoms with Crippen LogP contribution in [0.1, 0.15) is 73.1 Å². The molecule has 3 N–H and O–H groups in total. The van der Waals surface area contributed by atoms with Gasteiger partial charge >= 0.3 is 0 Å². The Kier molecular flexibility index (Phi) is 5.83. The zero-order chi connectivity index (χ0) is 16.3. The van der Waals surface area contributed by atoms with Crippen molar-refractivity contribution in [1.29, 1.82) is 0 Å². The number of hydrogen-bond acceptors (Lipinski definition) is 2. The normalized spacial score (nSPS) is 20.1. The van der Waals surface area contributed by atoms with Crippen molar-refractivity contribution in [2.45, 2.75) is 78.7 Å². The van der Waals surface area contributed by atoms with Crippen LogP contribution in [-0.4, -0.2) is 17.4 Å². The Morgan fingerprint density at radius 2 is 1.67 bits per heavy atom. The van der Waals surface area contributed by atoms with Crippen molar-refractivity contribution >= 4 is 11.8 Å². The maximum atomic E-state index is 12.8. The lowest BCUT2D eigenvalue weighted by atomic mass is 9.63. The van der Waals surface area contributed by atoms with Crippen LogP contribution in [0.5, 0.6) is 0 Å². The number of nitrogens with two attached hydrogens (primary N) is 1. The molecule has 0 heterocycles. The molecule has 4 heteroatoms. The molecule has 0 radical (unpaired) electrons. The van der Waals surface area contributed by atoms with E-state index in [2.05, 4.69) is 19.2 Å². The molecule has 1 unspecified atom stereocenters. The molecule has 1 fully saturated rings. The zero-order valence-electron chi connectivity index (χ0n) is 14.3. The summed E-state index contributed by atoms with van der Waals surface area (Å²) in [5, 5.41) is 3.05. The van der Waals surface area contributed by atoms with Crippen molar-refractivity contribution < 1.29 is 9.59 Å². The molecule has 1 rings (SSSR count). The summed E-state index contributed by atoms with van der Waals surface area (Å²) in [5.74, 6) is -0.262. The fourth-order valence-electron chi connectivity index (χ4n) is 3.46. The first kappa shape index (κ1) is 18.0. The minimum atomic E-state index is -0.655. The molecule has 1 aliphatic carbocycles. The van der Waals surface area contributed by atoms with E-state index in [4.69, 9.17) is 5.73 Å². The first-order valence-corrected chi connectivity index (χ1v) is 8.20. The molecular formula is C17H32N2O2. The molecule has 4 nitrogen and oxygen atoms in total. The number of carbonyl (C=O) groups excluding carboxylic acids is 2. The summed E-state index contributed by atoms with van der Waals surface area (Å²) in [5.41, 5.74) is 4.81. The highest BCUT2D eigenvalue weighted by atomic mass is 16.2. The van der Waals surface area contributed by atoms with Crippen LogP contribution in [-0.2, 0) is 9.59 Å². The first-order valence-electron chi connectivity index (χ1n) is 8.20. The highest BCUT2D eigenvalue weighted by Crippen LogP contribution is 2.45. The summed E-state index contributed by atoms with van der Waals surface area (Å²) in [7, 11) is 0. The lowest BCUT2D eigenvalue weighted by Crippen LogP contribution is -2.54. The van der Waals surface area contributed by atoms with Gasteiger partial charge in [-0.3, -0.25) is 9.59 Å². The number of primary amides is 1. The van der Waals surface area contributed by atoms with Crippen LogP contribution < -0.4 is 11.1 Å². The van der Waals surface area contributed by atoms with Gasteiger partial charge in [0.15, 0.2) is 0 Å². The van der Waals surface area contributed by atoms with Crippen molar-refractivity contribution in [3.05, 3.63) is 0 Å². The van der Waals surface area contributed by atoms with E-state index in [0.29, 0.717) is 12.3 Å². The Bertz CT molecular complexity index is 377. The van der Waals surface area contributed by atoms with Crippen LogP contribution in [0.3, 0.4) is 0 Å². The van der Waals surface area contributed by atoms with Gasteiger partial charge in [0.1, 0.15) is 0 Å². The lowest BCUT2D eigenvalue weighted by molar-refractivity contribution is -0.144. The average molecular weight is 296 g/mol. The van der Waals surface area contributed by atoms with Gasteiger partial charge in [0.25, 0.3) is 0 Å². The highest BCUT2D eigenvalue weighted by molar-refractivity contribution is 5.90. The van der Waals surface area contributed by atoms with Gasteiger partial charge in [-0.15, -0.1) is 0 Å². The highest BCUT2D eigenvalue weighted by Gasteiger charge is 2.48. The molecule has 0 aromatic rings. The Morgan fingerprint density at radius 1 is 1.14 bits per heavy atom. The van der Waals surface area contributed by atoms with E-state index in [-0.39, 0.29) is 23.3 Å². The quantitative estimate of drug-likeness (QED) is 0.818. The van der Waals surface area contributed by atoms with E-state index in [1.54, 1.807) is 0 Å². The summed E-state index contributed by atoms with van der Waals surface area (Å²) in [6, 6.07) is 0. The molecule has 0 spiro atoms. The van der Waals surface area contributed by atoms with Crippen LogP contribution in [0.15, 0.2) is 0 Å². The van der Waals surface area contributed by atoms with Gasteiger partial charge in [-0.05, 0) is 46.0 Å². The summed E-state index contributed by atoms with van der Waals surface area (Å²) >= 11 is 0. The van der Waals surface area contributed by atoms with Crippen molar-refractivity contribution in [3.8, 4) is 0 Å². The van der Waals surface area contributed by atoms with E-state index in [1.165, 1.54) is 0 Å². The number of hydrogen-bond donors (Lipinski definition) is 2. The molecule has 122 valence electrons. The number of carbonyl (C=O) groups is 2. The zero-order valence-corrected chi connectivity index (χ0v) is 14.3. The third-order valence-electron chi connectivity index (χ3n) is 4.43. The summed E-state index contributed by atoms with van der Waals surface area (Å²) < 4.78 is 0. The lowest BCUT2D eigenvalue weighted by Gasteiger charge is -2.42. The van der Waals surface area contributed by atoms with Crippen molar-refractivity contribution in [2.75, 3.05) is 0 Å². The third kappa shape index (κ3) is 4.72. The standard InChI is InChI=1S/C17H32N2O2/c1-12(2)11-13(14(20)19-16(3,4)5)17(15(18)21)9-7-6-8-10-17/h12-13H,6-11H2,1-5H3,(H2,18,21)(H,19,20). The molecule has 0 bridgehead atoms. The van der Waals surface area contributed by atoms with Crippen LogP contribution >= 0.6 is 0 Å². The predicted octanol–water partition coefficient (Wildman–Crippen LogP) is 3.00. The van der Waals surface area contributed by atoms with Crippen molar-refractivity contribution in [3.63, 3.8) is 0 Å². The topological polar surface area (TPSA) is 72.2 Å². The Hall–Kier alpha value is -1.06. The van der Waals surface area contributed by atoms with Gasteiger partial charge in [-0.25, -0.2) is 0 Å². The van der Waals surface area contributed by atoms with E-state index >= 15 is 0 Å². The molecule has 0 aliphatic heterocycles. The van der Waals surface area contributed by atoms with Gasteiger partial charge in [0.05, 0.1) is 11.3 Å². The molecule has 0 saturated heterocycles. The van der Waals surface area contributed by atoms with Crippen LogP contribution in [0.25, 0.3) is 0 Å². The second-order valence-corrected chi connectivity index (χ2v) is 8.00. The van der Waals surface area contributed by atoms with Crippen LogP contribution in [0.2, 0.25) is 0 Å². The minimum Gasteiger partial charge on any atom is -0.369 e. The van der Waals surface area contributed by atoms with E-state index in [1.807, 2.05) is 20.8 Å².